The molecule has 0 amide bonds. The fraction of sp³-hybridized carbons (Fsp3) is 0.684. The molecule has 28 heavy (non-hydrogen) atoms. The summed E-state index contributed by atoms with van der Waals surface area (Å²) in [7, 11) is -1.95. The summed E-state index contributed by atoms with van der Waals surface area (Å²) in [6, 6.07) is 6.92. The van der Waals surface area contributed by atoms with E-state index in [4.69, 9.17) is 0 Å². The van der Waals surface area contributed by atoms with Gasteiger partial charge in [0.15, 0.2) is 0 Å². The van der Waals surface area contributed by atoms with Crippen LogP contribution < -0.4 is 0 Å². The van der Waals surface area contributed by atoms with Crippen LogP contribution in [0.25, 0.3) is 0 Å². The molecule has 0 unspecified atom stereocenters. The summed E-state index contributed by atoms with van der Waals surface area (Å²) in [5.41, 5.74) is 0.890. The number of benzene rings is 1. The van der Waals surface area contributed by atoms with E-state index in [0.717, 1.165) is 18.4 Å². The standard InChI is InChI=1S/C19H27F3N2O2S.ClH/c1-14-4-3-5-18(12-14)27(25,26)23(2)16-6-7-17(13-16)24-10-8-15(9-11-24)19(20,21)22;/h3-5,12,15-17H,6-11,13H2,1-2H3;1H/t16-,17+;/m1./s1. The van der Waals surface area contributed by atoms with Crippen LogP contribution in [0, 0.1) is 12.8 Å². The molecule has 160 valence electrons. The molecule has 0 bridgehead atoms. The second kappa shape index (κ2) is 8.90. The Labute approximate surface area is 171 Å². The molecule has 4 nitrogen and oxygen atoms in total. The van der Waals surface area contributed by atoms with Gasteiger partial charge in [-0.2, -0.15) is 17.5 Å². The third kappa shape index (κ3) is 5.01. The van der Waals surface area contributed by atoms with E-state index in [1.165, 1.54) is 4.31 Å². The van der Waals surface area contributed by atoms with Crippen LogP contribution in [-0.4, -0.2) is 56.0 Å². The zero-order valence-electron chi connectivity index (χ0n) is 16.2. The van der Waals surface area contributed by atoms with E-state index in [2.05, 4.69) is 4.90 Å². The maximum atomic E-state index is 12.9. The second-order valence-corrected chi connectivity index (χ2v) is 9.81. The van der Waals surface area contributed by atoms with Gasteiger partial charge in [-0.25, -0.2) is 8.42 Å². The third-order valence-electron chi connectivity index (χ3n) is 6.07. The van der Waals surface area contributed by atoms with Gasteiger partial charge in [0.2, 0.25) is 10.0 Å². The van der Waals surface area contributed by atoms with E-state index in [-0.39, 0.29) is 37.3 Å². The van der Waals surface area contributed by atoms with Crippen molar-refractivity contribution in [1.29, 1.82) is 0 Å². The second-order valence-electron chi connectivity index (χ2n) is 7.81. The van der Waals surface area contributed by atoms with Crippen molar-refractivity contribution in [2.75, 3.05) is 20.1 Å². The van der Waals surface area contributed by atoms with Crippen LogP contribution in [0.5, 0.6) is 0 Å². The lowest BCUT2D eigenvalue weighted by molar-refractivity contribution is -0.186. The van der Waals surface area contributed by atoms with Crippen LogP contribution in [0.4, 0.5) is 13.2 Å². The van der Waals surface area contributed by atoms with Gasteiger partial charge in [0.25, 0.3) is 0 Å². The summed E-state index contributed by atoms with van der Waals surface area (Å²) < 4.78 is 65.8. The van der Waals surface area contributed by atoms with Gasteiger partial charge in [-0.05, 0) is 69.8 Å². The van der Waals surface area contributed by atoms with E-state index >= 15 is 0 Å². The van der Waals surface area contributed by atoms with Gasteiger partial charge in [-0.3, -0.25) is 0 Å². The highest BCUT2D eigenvalue weighted by molar-refractivity contribution is 7.89. The van der Waals surface area contributed by atoms with Gasteiger partial charge in [0.1, 0.15) is 0 Å². The Balaban J connectivity index is 0.00000280. The van der Waals surface area contributed by atoms with Gasteiger partial charge in [0, 0.05) is 19.1 Å². The van der Waals surface area contributed by atoms with Crippen LogP contribution in [-0.2, 0) is 10.0 Å². The Morgan fingerprint density at radius 2 is 1.75 bits per heavy atom. The van der Waals surface area contributed by atoms with Crippen molar-refractivity contribution >= 4 is 22.4 Å². The van der Waals surface area contributed by atoms with Crippen LogP contribution in [0.2, 0.25) is 0 Å². The van der Waals surface area contributed by atoms with Crippen molar-refractivity contribution in [3.05, 3.63) is 29.8 Å². The Morgan fingerprint density at radius 3 is 2.32 bits per heavy atom. The van der Waals surface area contributed by atoms with Crippen molar-refractivity contribution in [3.63, 3.8) is 0 Å². The van der Waals surface area contributed by atoms with Crippen molar-refractivity contribution < 1.29 is 21.6 Å². The Morgan fingerprint density at radius 1 is 1.11 bits per heavy atom. The molecule has 0 N–H and O–H groups in total. The maximum Gasteiger partial charge on any atom is 0.391 e. The van der Waals surface area contributed by atoms with E-state index in [1.807, 2.05) is 13.0 Å². The molecule has 0 radical (unpaired) electrons. The zero-order valence-corrected chi connectivity index (χ0v) is 17.8. The minimum absolute atomic E-state index is 0. The summed E-state index contributed by atoms with van der Waals surface area (Å²) in [4.78, 5) is 2.41. The molecule has 1 saturated heterocycles. The molecule has 1 aliphatic carbocycles. The van der Waals surface area contributed by atoms with Crippen molar-refractivity contribution in [3.8, 4) is 0 Å². The van der Waals surface area contributed by atoms with E-state index in [0.29, 0.717) is 24.4 Å². The van der Waals surface area contributed by atoms with E-state index in [9.17, 15) is 21.6 Å². The first-order valence-corrected chi connectivity index (χ1v) is 10.9. The average molecular weight is 441 g/mol. The lowest BCUT2D eigenvalue weighted by Crippen LogP contribution is -2.44. The number of hydrogen-bond acceptors (Lipinski definition) is 3. The molecule has 1 aliphatic heterocycles. The van der Waals surface area contributed by atoms with E-state index in [1.54, 1.807) is 25.2 Å². The Kier molecular flexibility index (Phi) is 7.45. The number of hydrogen-bond donors (Lipinski definition) is 0. The number of halogens is 4. The van der Waals surface area contributed by atoms with Crippen LogP contribution in [0.3, 0.4) is 0 Å². The molecule has 0 spiro atoms. The van der Waals surface area contributed by atoms with Crippen molar-refractivity contribution in [2.45, 2.75) is 62.2 Å². The van der Waals surface area contributed by atoms with Crippen LogP contribution in [0.15, 0.2) is 29.2 Å². The zero-order chi connectivity index (χ0) is 19.8. The molecule has 0 aromatic heterocycles. The summed E-state index contributed by atoms with van der Waals surface area (Å²) in [6.45, 7) is 2.74. The summed E-state index contributed by atoms with van der Waals surface area (Å²) in [5.74, 6) is -1.20. The number of sulfonamides is 1. The fourth-order valence-corrected chi connectivity index (χ4v) is 5.83. The Bertz CT molecular complexity index is 765. The summed E-state index contributed by atoms with van der Waals surface area (Å²) in [5, 5.41) is 0. The van der Waals surface area contributed by atoms with Gasteiger partial charge >= 0.3 is 6.18 Å². The first-order valence-electron chi connectivity index (χ1n) is 9.44. The van der Waals surface area contributed by atoms with Gasteiger partial charge in [0.05, 0.1) is 10.8 Å². The quantitative estimate of drug-likeness (QED) is 0.703. The minimum Gasteiger partial charge on any atom is -0.300 e. The molecule has 1 heterocycles. The number of aryl methyl sites for hydroxylation is 1. The molecule has 1 saturated carbocycles. The third-order valence-corrected chi connectivity index (χ3v) is 7.97. The fourth-order valence-electron chi connectivity index (χ4n) is 4.33. The highest BCUT2D eigenvalue weighted by Crippen LogP contribution is 2.37. The highest BCUT2D eigenvalue weighted by Gasteiger charge is 2.43. The minimum atomic E-state index is -4.10. The van der Waals surface area contributed by atoms with Crippen LogP contribution in [0.1, 0.15) is 37.7 Å². The first kappa shape index (κ1) is 23.4. The summed E-state index contributed by atoms with van der Waals surface area (Å²) >= 11 is 0. The van der Waals surface area contributed by atoms with Crippen molar-refractivity contribution in [2.24, 2.45) is 5.92 Å². The van der Waals surface area contributed by atoms with Crippen molar-refractivity contribution in [1.82, 2.24) is 9.21 Å². The van der Waals surface area contributed by atoms with Gasteiger partial charge < -0.3 is 4.90 Å². The number of piperidine rings is 1. The van der Waals surface area contributed by atoms with E-state index < -0.39 is 22.1 Å². The van der Waals surface area contributed by atoms with Gasteiger partial charge in [-0.15, -0.1) is 12.4 Å². The number of likely N-dealkylation sites (tertiary alicyclic amines) is 1. The highest BCUT2D eigenvalue weighted by atomic mass is 35.5. The molecule has 2 aliphatic rings. The molecule has 1 aromatic carbocycles. The van der Waals surface area contributed by atoms with Gasteiger partial charge in [-0.1, -0.05) is 12.1 Å². The molecule has 1 aromatic rings. The molecular formula is C19H28ClF3N2O2S. The molecular weight excluding hydrogens is 413 g/mol. The topological polar surface area (TPSA) is 40.6 Å². The molecule has 2 fully saturated rings. The predicted octanol–water partition coefficient (Wildman–Crippen LogP) is 4.23. The number of nitrogens with zero attached hydrogens (tertiary/aromatic N) is 2. The largest absolute Gasteiger partial charge is 0.391 e. The molecule has 9 heteroatoms. The lowest BCUT2D eigenvalue weighted by atomic mass is 9.95. The monoisotopic (exact) mass is 440 g/mol. The Hall–Kier alpha value is -0.830. The molecule has 3 rings (SSSR count). The smallest absolute Gasteiger partial charge is 0.300 e. The molecule has 2 atom stereocenters. The maximum absolute atomic E-state index is 12.9. The SMILES string of the molecule is Cc1cccc(S(=O)(=O)N(C)[C@@H]2CC[C@H](N3CCC(C(F)(F)F)CC3)C2)c1.Cl. The normalized spacial score (nSPS) is 25.1. The first-order chi connectivity index (χ1) is 12.6. The average Bonchev–Trinajstić information content (AvgIpc) is 3.10. The number of rotatable bonds is 4. The van der Waals surface area contributed by atoms with Crippen LogP contribution >= 0.6 is 12.4 Å². The predicted molar refractivity (Wildman–Crippen MR) is 105 cm³/mol. The number of alkyl halides is 3. The lowest BCUT2D eigenvalue weighted by Gasteiger charge is -2.37. The summed E-state index contributed by atoms with van der Waals surface area (Å²) in [6.07, 6.45) is -1.57.